The number of nitrogens with one attached hydrogen (secondary N) is 1. The molecule has 1 aliphatic rings. The zero-order valence-electron chi connectivity index (χ0n) is 18.8. The van der Waals surface area contributed by atoms with Crippen molar-refractivity contribution in [1.82, 2.24) is 5.32 Å². The summed E-state index contributed by atoms with van der Waals surface area (Å²) in [7, 11) is 1.49. The van der Waals surface area contributed by atoms with E-state index in [9.17, 15) is 19.2 Å². The minimum Gasteiger partial charge on any atom is -0.497 e. The van der Waals surface area contributed by atoms with Gasteiger partial charge in [0.15, 0.2) is 11.5 Å². The monoisotopic (exact) mass is 476 g/mol. The molecule has 178 valence electrons. The van der Waals surface area contributed by atoms with Gasteiger partial charge in [-0.25, -0.2) is 14.5 Å². The van der Waals surface area contributed by atoms with E-state index < -0.39 is 23.8 Å². The van der Waals surface area contributed by atoms with E-state index in [1.165, 1.54) is 55.8 Å². The molecule has 0 bridgehead atoms. The van der Waals surface area contributed by atoms with E-state index in [-0.39, 0.29) is 35.1 Å². The number of urea groups is 1. The molecule has 4 rings (SSSR count). The van der Waals surface area contributed by atoms with Crippen LogP contribution in [-0.4, -0.2) is 37.5 Å². The van der Waals surface area contributed by atoms with Crippen molar-refractivity contribution in [2.75, 3.05) is 18.6 Å². The highest BCUT2D eigenvalue weighted by atomic mass is 16.6. The SMILES string of the molecule is CCOc1cc(C=C2C(=O)NC(=O)N(c3ccc(OC)cc3)C2=O)ccc1OC(=O)c1ccco1. The van der Waals surface area contributed by atoms with Crippen LogP contribution >= 0.6 is 0 Å². The lowest BCUT2D eigenvalue weighted by molar-refractivity contribution is -0.122. The molecule has 0 saturated carbocycles. The molecule has 35 heavy (non-hydrogen) atoms. The number of hydrogen-bond acceptors (Lipinski definition) is 8. The standard InChI is InChI=1S/C25H20N2O8/c1-3-33-21-14-15(6-11-19(21)35-24(30)20-5-4-12-34-20)13-18-22(28)26-25(31)27(23(18)29)16-7-9-17(32-2)10-8-16/h4-14H,3H2,1-2H3,(H,26,28,31). The third-order valence-corrected chi connectivity index (χ3v) is 4.94. The molecule has 4 amide bonds. The summed E-state index contributed by atoms with van der Waals surface area (Å²) in [6.45, 7) is 2.02. The Hall–Kier alpha value is -4.86. The predicted molar refractivity (Wildman–Crippen MR) is 123 cm³/mol. The highest BCUT2D eigenvalue weighted by Gasteiger charge is 2.36. The first-order valence-corrected chi connectivity index (χ1v) is 10.5. The van der Waals surface area contributed by atoms with Crippen LogP contribution in [0.1, 0.15) is 23.0 Å². The molecule has 2 heterocycles. The molecule has 1 aliphatic heterocycles. The van der Waals surface area contributed by atoms with Crippen molar-refractivity contribution in [2.24, 2.45) is 0 Å². The summed E-state index contributed by atoms with van der Waals surface area (Å²) < 4.78 is 21.1. The van der Waals surface area contributed by atoms with Gasteiger partial charge in [-0.3, -0.25) is 14.9 Å². The Morgan fingerprint density at radius 1 is 1.06 bits per heavy atom. The van der Waals surface area contributed by atoms with E-state index in [1.807, 2.05) is 0 Å². The van der Waals surface area contributed by atoms with Crippen LogP contribution in [-0.2, 0) is 9.59 Å². The fourth-order valence-electron chi connectivity index (χ4n) is 3.30. The first-order valence-electron chi connectivity index (χ1n) is 10.5. The quantitative estimate of drug-likeness (QED) is 0.238. The second-order valence-electron chi connectivity index (χ2n) is 7.16. The molecule has 1 saturated heterocycles. The van der Waals surface area contributed by atoms with Gasteiger partial charge in [-0.15, -0.1) is 0 Å². The zero-order chi connectivity index (χ0) is 24.9. The Balaban J connectivity index is 1.64. The van der Waals surface area contributed by atoms with E-state index in [2.05, 4.69) is 5.32 Å². The van der Waals surface area contributed by atoms with Crippen LogP contribution in [0.5, 0.6) is 17.2 Å². The van der Waals surface area contributed by atoms with Crippen molar-refractivity contribution < 1.29 is 37.8 Å². The maximum atomic E-state index is 13.1. The summed E-state index contributed by atoms with van der Waals surface area (Å²) in [4.78, 5) is 51.0. The first kappa shape index (κ1) is 23.3. The maximum Gasteiger partial charge on any atom is 0.379 e. The number of imide groups is 2. The van der Waals surface area contributed by atoms with Gasteiger partial charge in [0.2, 0.25) is 5.76 Å². The van der Waals surface area contributed by atoms with Gasteiger partial charge in [0.25, 0.3) is 11.8 Å². The Morgan fingerprint density at radius 2 is 1.83 bits per heavy atom. The number of ether oxygens (including phenoxy) is 3. The van der Waals surface area contributed by atoms with Gasteiger partial charge >= 0.3 is 12.0 Å². The van der Waals surface area contributed by atoms with Crippen molar-refractivity contribution in [1.29, 1.82) is 0 Å². The van der Waals surface area contributed by atoms with E-state index in [1.54, 1.807) is 25.1 Å². The van der Waals surface area contributed by atoms with Gasteiger partial charge in [0, 0.05) is 0 Å². The Kier molecular flexibility index (Phi) is 6.63. The number of hydrogen-bond donors (Lipinski definition) is 1. The van der Waals surface area contributed by atoms with Crippen molar-refractivity contribution >= 4 is 35.6 Å². The number of amides is 4. The van der Waals surface area contributed by atoms with Crippen molar-refractivity contribution in [2.45, 2.75) is 6.92 Å². The molecular weight excluding hydrogens is 456 g/mol. The average Bonchev–Trinajstić information content (AvgIpc) is 3.39. The van der Waals surface area contributed by atoms with Gasteiger partial charge < -0.3 is 18.6 Å². The van der Waals surface area contributed by atoms with Crippen LogP contribution < -0.4 is 24.4 Å². The lowest BCUT2D eigenvalue weighted by atomic mass is 10.1. The molecule has 2 aromatic carbocycles. The number of anilines is 1. The molecule has 0 spiro atoms. The summed E-state index contributed by atoms with van der Waals surface area (Å²) >= 11 is 0. The van der Waals surface area contributed by atoms with Crippen LogP contribution in [0.3, 0.4) is 0 Å². The predicted octanol–water partition coefficient (Wildman–Crippen LogP) is 3.57. The Bertz CT molecular complexity index is 1310. The molecule has 10 heteroatoms. The van der Waals surface area contributed by atoms with Crippen LogP contribution in [0.15, 0.2) is 70.9 Å². The summed E-state index contributed by atoms with van der Waals surface area (Å²) in [5.74, 6) is -1.43. The normalized spacial score (nSPS) is 14.6. The van der Waals surface area contributed by atoms with Gasteiger partial charge in [-0.2, -0.15) is 0 Å². The fraction of sp³-hybridized carbons (Fsp3) is 0.120. The number of rotatable bonds is 7. The number of barbiturate groups is 1. The van der Waals surface area contributed by atoms with Gasteiger partial charge in [-0.05, 0) is 67.1 Å². The van der Waals surface area contributed by atoms with Crippen LogP contribution in [0, 0.1) is 0 Å². The molecule has 0 atom stereocenters. The number of methoxy groups -OCH3 is 1. The summed E-state index contributed by atoms with van der Waals surface area (Å²) in [6.07, 6.45) is 2.67. The molecule has 1 fully saturated rings. The molecule has 1 N–H and O–H groups in total. The molecular formula is C25H20N2O8. The van der Waals surface area contributed by atoms with Gasteiger partial charge in [0.1, 0.15) is 11.3 Å². The number of carbonyl (C=O) groups is 4. The highest BCUT2D eigenvalue weighted by molar-refractivity contribution is 6.39. The lowest BCUT2D eigenvalue weighted by Crippen LogP contribution is -2.54. The molecule has 1 aromatic heterocycles. The average molecular weight is 476 g/mol. The van der Waals surface area contributed by atoms with Crippen molar-refractivity contribution in [3.8, 4) is 17.2 Å². The number of nitrogens with zero attached hydrogens (tertiary/aromatic N) is 1. The Labute approximate surface area is 199 Å². The number of esters is 1. The zero-order valence-corrected chi connectivity index (χ0v) is 18.8. The fourth-order valence-corrected chi connectivity index (χ4v) is 3.30. The molecule has 3 aromatic rings. The largest absolute Gasteiger partial charge is 0.497 e. The smallest absolute Gasteiger partial charge is 0.379 e. The maximum absolute atomic E-state index is 13.1. The van der Waals surface area contributed by atoms with E-state index in [4.69, 9.17) is 18.6 Å². The minimum absolute atomic E-state index is 0.0198. The van der Waals surface area contributed by atoms with Crippen LogP contribution in [0.2, 0.25) is 0 Å². The molecule has 10 nitrogen and oxygen atoms in total. The minimum atomic E-state index is -0.863. The van der Waals surface area contributed by atoms with E-state index in [0.29, 0.717) is 11.3 Å². The third-order valence-electron chi connectivity index (χ3n) is 4.94. The first-order chi connectivity index (χ1) is 16.9. The molecule has 0 aliphatic carbocycles. The van der Waals surface area contributed by atoms with Gasteiger partial charge in [-0.1, -0.05) is 6.07 Å². The van der Waals surface area contributed by atoms with E-state index >= 15 is 0 Å². The summed E-state index contributed by atoms with van der Waals surface area (Å²) in [6, 6.07) is 12.9. The third kappa shape index (κ3) is 4.91. The van der Waals surface area contributed by atoms with Crippen molar-refractivity contribution in [3.05, 3.63) is 77.8 Å². The van der Waals surface area contributed by atoms with Crippen LogP contribution in [0.4, 0.5) is 10.5 Å². The molecule has 0 radical (unpaired) electrons. The lowest BCUT2D eigenvalue weighted by Gasteiger charge is -2.26. The number of carbonyl (C=O) groups excluding carboxylic acids is 4. The molecule has 0 unspecified atom stereocenters. The number of benzene rings is 2. The second kappa shape index (κ2) is 9.96. The van der Waals surface area contributed by atoms with Crippen LogP contribution in [0.25, 0.3) is 6.08 Å². The van der Waals surface area contributed by atoms with Crippen molar-refractivity contribution in [3.63, 3.8) is 0 Å². The Morgan fingerprint density at radius 3 is 2.49 bits per heavy atom. The summed E-state index contributed by atoms with van der Waals surface area (Å²) in [5, 5.41) is 2.17. The second-order valence-corrected chi connectivity index (χ2v) is 7.16. The summed E-state index contributed by atoms with van der Waals surface area (Å²) in [5.41, 5.74) is 0.416. The topological polar surface area (TPSA) is 124 Å². The van der Waals surface area contributed by atoms with E-state index in [0.717, 1.165) is 4.90 Å². The highest BCUT2D eigenvalue weighted by Crippen LogP contribution is 2.31. The van der Waals surface area contributed by atoms with Gasteiger partial charge in [0.05, 0.1) is 25.7 Å². The number of furan rings is 1.